The third-order valence-corrected chi connectivity index (χ3v) is 3.36. The SMILES string of the molecule is CCC(NC)c1ccc(OCCC2CC2)cn1. The molecule has 1 aromatic heterocycles. The van der Waals surface area contributed by atoms with Crippen LogP contribution in [0.1, 0.15) is 44.3 Å². The fourth-order valence-corrected chi connectivity index (χ4v) is 1.99. The summed E-state index contributed by atoms with van der Waals surface area (Å²) in [6.45, 7) is 2.98. The maximum Gasteiger partial charge on any atom is 0.137 e. The lowest BCUT2D eigenvalue weighted by Gasteiger charge is -2.13. The van der Waals surface area contributed by atoms with Gasteiger partial charge in [0.15, 0.2) is 0 Å². The van der Waals surface area contributed by atoms with Gasteiger partial charge in [-0.1, -0.05) is 19.8 Å². The summed E-state index contributed by atoms with van der Waals surface area (Å²) in [5.74, 6) is 1.82. The van der Waals surface area contributed by atoms with Crippen molar-refractivity contribution in [1.29, 1.82) is 0 Å². The van der Waals surface area contributed by atoms with Gasteiger partial charge in [0.05, 0.1) is 18.5 Å². The van der Waals surface area contributed by atoms with E-state index in [0.717, 1.165) is 30.4 Å². The van der Waals surface area contributed by atoms with Crippen molar-refractivity contribution in [1.82, 2.24) is 10.3 Å². The number of hydrogen-bond acceptors (Lipinski definition) is 3. The van der Waals surface area contributed by atoms with Crippen molar-refractivity contribution in [2.75, 3.05) is 13.7 Å². The second kappa shape index (κ2) is 6.01. The lowest BCUT2D eigenvalue weighted by atomic mass is 10.1. The van der Waals surface area contributed by atoms with E-state index in [0.29, 0.717) is 6.04 Å². The van der Waals surface area contributed by atoms with Gasteiger partial charge in [0.25, 0.3) is 0 Å². The van der Waals surface area contributed by atoms with E-state index in [-0.39, 0.29) is 0 Å². The predicted molar refractivity (Wildman–Crippen MR) is 69.2 cm³/mol. The van der Waals surface area contributed by atoms with Crippen LogP contribution in [0.2, 0.25) is 0 Å². The van der Waals surface area contributed by atoms with Gasteiger partial charge in [0.2, 0.25) is 0 Å². The third kappa shape index (κ3) is 3.70. The van der Waals surface area contributed by atoms with E-state index in [2.05, 4.69) is 23.3 Å². The van der Waals surface area contributed by atoms with Crippen LogP contribution in [0.4, 0.5) is 0 Å². The van der Waals surface area contributed by atoms with Crippen molar-refractivity contribution in [3.63, 3.8) is 0 Å². The summed E-state index contributed by atoms with van der Waals surface area (Å²) < 4.78 is 5.68. The molecule has 0 aromatic carbocycles. The molecule has 1 atom stereocenters. The Morgan fingerprint density at radius 1 is 1.47 bits per heavy atom. The molecule has 94 valence electrons. The minimum absolute atomic E-state index is 0.343. The molecular weight excluding hydrogens is 212 g/mol. The van der Waals surface area contributed by atoms with Gasteiger partial charge in [0, 0.05) is 6.04 Å². The van der Waals surface area contributed by atoms with Crippen LogP contribution < -0.4 is 10.1 Å². The van der Waals surface area contributed by atoms with E-state index in [1.807, 2.05) is 19.3 Å². The molecule has 2 rings (SSSR count). The van der Waals surface area contributed by atoms with E-state index in [1.54, 1.807) is 0 Å². The van der Waals surface area contributed by atoms with E-state index in [1.165, 1.54) is 19.3 Å². The van der Waals surface area contributed by atoms with Gasteiger partial charge in [0.1, 0.15) is 5.75 Å². The summed E-state index contributed by atoms with van der Waals surface area (Å²) in [4.78, 5) is 4.45. The fraction of sp³-hybridized carbons (Fsp3) is 0.643. The average Bonchev–Trinajstić information content (AvgIpc) is 3.17. The number of rotatable bonds is 7. The van der Waals surface area contributed by atoms with E-state index >= 15 is 0 Å². The smallest absolute Gasteiger partial charge is 0.137 e. The highest BCUT2D eigenvalue weighted by molar-refractivity contribution is 5.21. The number of nitrogens with zero attached hydrogens (tertiary/aromatic N) is 1. The fourth-order valence-electron chi connectivity index (χ4n) is 1.99. The van der Waals surface area contributed by atoms with Crippen molar-refractivity contribution >= 4 is 0 Å². The highest BCUT2D eigenvalue weighted by Gasteiger charge is 2.20. The quantitative estimate of drug-likeness (QED) is 0.787. The Kier molecular flexibility index (Phi) is 4.37. The molecular formula is C14H22N2O. The highest BCUT2D eigenvalue weighted by Crippen LogP contribution is 2.32. The summed E-state index contributed by atoms with van der Waals surface area (Å²) in [6.07, 6.45) is 6.85. The molecule has 0 amide bonds. The molecule has 0 radical (unpaired) electrons. The van der Waals surface area contributed by atoms with Crippen LogP contribution >= 0.6 is 0 Å². The Morgan fingerprint density at radius 2 is 2.29 bits per heavy atom. The van der Waals surface area contributed by atoms with Crippen molar-refractivity contribution in [2.24, 2.45) is 5.92 Å². The monoisotopic (exact) mass is 234 g/mol. The van der Waals surface area contributed by atoms with E-state index < -0.39 is 0 Å². The van der Waals surface area contributed by atoms with Gasteiger partial charge in [-0.3, -0.25) is 4.98 Å². The van der Waals surface area contributed by atoms with Gasteiger partial charge < -0.3 is 10.1 Å². The van der Waals surface area contributed by atoms with Crippen molar-refractivity contribution in [2.45, 2.75) is 38.6 Å². The van der Waals surface area contributed by atoms with Crippen LogP contribution in [0.15, 0.2) is 18.3 Å². The Hall–Kier alpha value is -1.09. The molecule has 1 aromatic rings. The number of ether oxygens (including phenoxy) is 1. The third-order valence-electron chi connectivity index (χ3n) is 3.36. The molecule has 1 saturated carbocycles. The number of pyridine rings is 1. The normalized spacial score (nSPS) is 16.8. The molecule has 1 aliphatic rings. The van der Waals surface area contributed by atoms with Gasteiger partial charge in [-0.15, -0.1) is 0 Å². The molecule has 3 heteroatoms. The van der Waals surface area contributed by atoms with Crippen LogP contribution in [0, 0.1) is 5.92 Å². The molecule has 1 unspecified atom stereocenters. The van der Waals surface area contributed by atoms with Gasteiger partial charge >= 0.3 is 0 Å². The lowest BCUT2D eigenvalue weighted by Crippen LogP contribution is -2.16. The van der Waals surface area contributed by atoms with Crippen molar-refractivity contribution in [3.8, 4) is 5.75 Å². The standard InChI is InChI=1S/C14H22N2O/c1-3-13(15-2)14-7-6-12(10-16-14)17-9-8-11-4-5-11/h6-7,10-11,13,15H,3-5,8-9H2,1-2H3. The lowest BCUT2D eigenvalue weighted by molar-refractivity contribution is 0.301. The minimum Gasteiger partial charge on any atom is -0.492 e. The summed E-state index contributed by atoms with van der Waals surface area (Å²) in [5, 5.41) is 3.25. The van der Waals surface area contributed by atoms with Crippen LogP contribution in [0.3, 0.4) is 0 Å². The first-order chi connectivity index (χ1) is 8.33. The molecule has 1 fully saturated rings. The molecule has 1 N–H and O–H groups in total. The van der Waals surface area contributed by atoms with Crippen LogP contribution in [0.5, 0.6) is 5.75 Å². The molecule has 17 heavy (non-hydrogen) atoms. The second-order valence-electron chi connectivity index (χ2n) is 4.75. The van der Waals surface area contributed by atoms with Gasteiger partial charge in [-0.25, -0.2) is 0 Å². The first-order valence-corrected chi connectivity index (χ1v) is 6.59. The number of nitrogens with one attached hydrogen (secondary N) is 1. The highest BCUT2D eigenvalue weighted by atomic mass is 16.5. The van der Waals surface area contributed by atoms with Crippen LogP contribution in [-0.2, 0) is 0 Å². The number of hydrogen-bond donors (Lipinski definition) is 1. The summed E-state index contributed by atoms with van der Waals surface area (Å²) in [6, 6.07) is 4.42. The van der Waals surface area contributed by atoms with E-state index in [9.17, 15) is 0 Å². The topological polar surface area (TPSA) is 34.1 Å². The predicted octanol–water partition coefficient (Wildman–Crippen LogP) is 2.93. The second-order valence-corrected chi connectivity index (χ2v) is 4.75. The van der Waals surface area contributed by atoms with Gasteiger partial charge in [-0.05, 0) is 37.9 Å². The molecule has 3 nitrogen and oxygen atoms in total. The summed E-state index contributed by atoms with van der Waals surface area (Å²) in [7, 11) is 1.97. The number of aromatic nitrogens is 1. The molecule has 0 bridgehead atoms. The molecule has 0 spiro atoms. The van der Waals surface area contributed by atoms with Crippen molar-refractivity contribution < 1.29 is 4.74 Å². The Labute approximate surface area is 104 Å². The molecule has 0 aliphatic heterocycles. The molecule has 1 heterocycles. The Morgan fingerprint density at radius 3 is 2.82 bits per heavy atom. The maximum absolute atomic E-state index is 5.68. The summed E-state index contributed by atoms with van der Waals surface area (Å²) >= 11 is 0. The minimum atomic E-state index is 0.343. The van der Waals surface area contributed by atoms with Crippen molar-refractivity contribution in [3.05, 3.63) is 24.0 Å². The molecule has 1 aliphatic carbocycles. The first-order valence-electron chi connectivity index (χ1n) is 6.59. The molecule has 0 saturated heterocycles. The van der Waals surface area contributed by atoms with Gasteiger partial charge in [-0.2, -0.15) is 0 Å². The summed E-state index contributed by atoms with van der Waals surface area (Å²) in [5.41, 5.74) is 1.09. The zero-order valence-corrected chi connectivity index (χ0v) is 10.8. The average molecular weight is 234 g/mol. The zero-order chi connectivity index (χ0) is 12.1. The Balaban J connectivity index is 1.83. The zero-order valence-electron chi connectivity index (χ0n) is 10.8. The van der Waals surface area contributed by atoms with Crippen LogP contribution in [0.25, 0.3) is 0 Å². The van der Waals surface area contributed by atoms with E-state index in [4.69, 9.17) is 4.74 Å². The van der Waals surface area contributed by atoms with Crippen LogP contribution in [-0.4, -0.2) is 18.6 Å². The first kappa shape index (κ1) is 12.4. The maximum atomic E-state index is 5.68. The largest absolute Gasteiger partial charge is 0.492 e. The Bertz CT molecular complexity index is 329.